The molecule has 0 saturated carbocycles. The van der Waals surface area contributed by atoms with Gasteiger partial charge in [0.15, 0.2) is 5.69 Å². The predicted molar refractivity (Wildman–Crippen MR) is 121 cm³/mol. The number of pyridine rings is 2. The van der Waals surface area contributed by atoms with Crippen LogP contribution in [0.25, 0.3) is 16.9 Å². The van der Waals surface area contributed by atoms with Gasteiger partial charge in [0.2, 0.25) is 5.82 Å². The SMILES string of the molecule is Cc1c(-c2cnc(C(F)(F)F)nc2)nc2c(CNc3ccc(Cl)nc3C(=O)O)cc(C(F)(F)F)cn2c1=O. The Hall–Kier alpha value is -4.27. The third kappa shape index (κ3) is 5.22. The molecule has 4 heterocycles. The number of nitrogens with one attached hydrogen (secondary N) is 1. The van der Waals surface area contributed by atoms with Gasteiger partial charge in [0.25, 0.3) is 5.56 Å². The first-order valence-corrected chi connectivity index (χ1v) is 10.7. The summed E-state index contributed by atoms with van der Waals surface area (Å²) >= 11 is 5.72. The summed E-state index contributed by atoms with van der Waals surface area (Å²) in [5, 5.41) is 11.9. The number of halogens is 7. The van der Waals surface area contributed by atoms with Gasteiger partial charge in [0.1, 0.15) is 10.8 Å². The van der Waals surface area contributed by atoms with Crippen molar-refractivity contribution in [3.63, 3.8) is 0 Å². The highest BCUT2D eigenvalue weighted by Crippen LogP contribution is 2.32. The number of anilines is 1. The van der Waals surface area contributed by atoms with E-state index in [0.717, 1.165) is 12.4 Å². The molecule has 2 N–H and O–H groups in total. The summed E-state index contributed by atoms with van der Waals surface area (Å²) < 4.78 is 80.0. The fourth-order valence-electron chi connectivity index (χ4n) is 3.49. The van der Waals surface area contributed by atoms with Crippen LogP contribution in [0.4, 0.5) is 32.0 Å². The molecule has 0 aliphatic heterocycles. The largest absolute Gasteiger partial charge is 0.476 e. The highest BCUT2D eigenvalue weighted by Gasteiger charge is 2.35. The molecule has 0 bridgehead atoms. The first kappa shape index (κ1) is 26.8. The van der Waals surface area contributed by atoms with E-state index in [0.29, 0.717) is 16.7 Å². The second-order valence-corrected chi connectivity index (χ2v) is 8.21. The van der Waals surface area contributed by atoms with Crippen molar-refractivity contribution in [3.8, 4) is 11.3 Å². The molecule has 0 aliphatic rings. The molecule has 0 saturated heterocycles. The Balaban J connectivity index is 1.88. The lowest BCUT2D eigenvalue weighted by Gasteiger charge is -2.16. The molecule has 0 atom stereocenters. The molecule has 198 valence electrons. The summed E-state index contributed by atoms with van der Waals surface area (Å²) in [6.07, 6.45) is -7.55. The van der Waals surface area contributed by atoms with Gasteiger partial charge in [-0.3, -0.25) is 9.20 Å². The number of carboxylic acid groups (broad SMARTS) is 1. The molecule has 0 aromatic carbocycles. The molecule has 0 unspecified atom stereocenters. The zero-order valence-corrected chi connectivity index (χ0v) is 19.6. The molecule has 4 rings (SSSR count). The summed E-state index contributed by atoms with van der Waals surface area (Å²) in [4.78, 5) is 38.9. The van der Waals surface area contributed by atoms with Crippen molar-refractivity contribution in [1.82, 2.24) is 24.3 Å². The third-order valence-electron chi connectivity index (χ3n) is 5.27. The quantitative estimate of drug-likeness (QED) is 0.263. The van der Waals surface area contributed by atoms with E-state index < -0.39 is 47.5 Å². The summed E-state index contributed by atoms with van der Waals surface area (Å²) in [5.74, 6) is -2.89. The smallest absolute Gasteiger partial charge is 0.451 e. The van der Waals surface area contributed by atoms with E-state index in [1.807, 2.05) is 0 Å². The average Bonchev–Trinajstić information content (AvgIpc) is 2.84. The summed E-state index contributed by atoms with van der Waals surface area (Å²) in [6, 6.07) is 3.22. The minimum absolute atomic E-state index is 0.0797. The predicted octanol–water partition coefficient (Wildman–Crippen LogP) is 4.86. The van der Waals surface area contributed by atoms with E-state index in [1.54, 1.807) is 0 Å². The van der Waals surface area contributed by atoms with Gasteiger partial charge in [0, 0.05) is 41.8 Å². The maximum absolute atomic E-state index is 13.6. The Morgan fingerprint density at radius 3 is 2.32 bits per heavy atom. The molecular formula is C22H13ClF6N6O3. The van der Waals surface area contributed by atoms with E-state index in [4.69, 9.17) is 11.6 Å². The number of rotatable bonds is 5. The van der Waals surface area contributed by atoms with Crippen molar-refractivity contribution in [3.05, 3.63) is 80.5 Å². The van der Waals surface area contributed by atoms with Crippen LogP contribution < -0.4 is 10.9 Å². The lowest BCUT2D eigenvalue weighted by atomic mass is 10.1. The summed E-state index contributed by atoms with van der Waals surface area (Å²) in [5.41, 5.74) is -3.54. The van der Waals surface area contributed by atoms with Gasteiger partial charge in [-0.1, -0.05) is 11.6 Å². The Morgan fingerprint density at radius 2 is 1.74 bits per heavy atom. The van der Waals surface area contributed by atoms with E-state index in [2.05, 4.69) is 25.3 Å². The molecule has 0 radical (unpaired) electrons. The zero-order chi connectivity index (χ0) is 28.0. The molecule has 16 heteroatoms. The molecule has 4 aromatic heterocycles. The second kappa shape index (κ2) is 9.55. The number of carboxylic acids is 1. The van der Waals surface area contributed by atoms with Crippen LogP contribution in [0.3, 0.4) is 0 Å². The minimum atomic E-state index is -4.86. The monoisotopic (exact) mass is 558 g/mol. The summed E-state index contributed by atoms with van der Waals surface area (Å²) in [6.45, 7) is 0.793. The van der Waals surface area contributed by atoms with Gasteiger partial charge in [-0.25, -0.2) is 24.7 Å². The molecule has 9 nitrogen and oxygen atoms in total. The molecular weight excluding hydrogens is 546 g/mol. The standard InChI is InChI=1S/C22H13ClF6N6O3/c1-9-15(11-6-31-20(32-7-11)22(27,28)29)34-17-10(4-12(21(24,25)26)8-35(17)18(9)36)5-30-13-2-3-14(23)33-16(13)19(37)38/h2-4,6-8,30H,5H2,1H3,(H,37,38). The molecule has 0 amide bonds. The Morgan fingerprint density at radius 1 is 1.08 bits per heavy atom. The maximum atomic E-state index is 13.6. The maximum Gasteiger partial charge on any atom is 0.451 e. The van der Waals surface area contributed by atoms with Crippen LogP contribution in [-0.4, -0.2) is 35.4 Å². The van der Waals surface area contributed by atoms with Crippen molar-refractivity contribution < 1.29 is 36.2 Å². The second-order valence-electron chi connectivity index (χ2n) is 7.82. The molecule has 0 fully saturated rings. The fraction of sp³-hybridized carbons (Fsp3) is 0.182. The lowest BCUT2D eigenvalue weighted by molar-refractivity contribution is -0.145. The van der Waals surface area contributed by atoms with Crippen molar-refractivity contribution in [2.24, 2.45) is 0 Å². The van der Waals surface area contributed by atoms with Crippen LogP contribution in [0, 0.1) is 6.92 Å². The first-order valence-electron chi connectivity index (χ1n) is 10.3. The van der Waals surface area contributed by atoms with Crippen LogP contribution in [0.15, 0.2) is 41.6 Å². The zero-order valence-electron chi connectivity index (χ0n) is 18.8. The van der Waals surface area contributed by atoms with Gasteiger partial charge >= 0.3 is 18.3 Å². The Labute approximate surface area is 212 Å². The first-order chi connectivity index (χ1) is 17.7. The van der Waals surface area contributed by atoms with Gasteiger partial charge in [-0.15, -0.1) is 0 Å². The number of fused-ring (bicyclic) bond motifs is 1. The molecule has 0 spiro atoms. The Kier molecular flexibility index (Phi) is 6.73. The average molecular weight is 559 g/mol. The van der Waals surface area contributed by atoms with Crippen molar-refractivity contribution in [1.29, 1.82) is 0 Å². The van der Waals surface area contributed by atoms with Gasteiger partial charge in [0.05, 0.1) is 16.9 Å². The van der Waals surface area contributed by atoms with E-state index in [-0.39, 0.29) is 38.9 Å². The fourth-order valence-corrected chi connectivity index (χ4v) is 3.64. The van der Waals surface area contributed by atoms with Crippen molar-refractivity contribution in [2.75, 3.05) is 5.32 Å². The number of nitrogens with zero attached hydrogens (tertiary/aromatic N) is 5. The topological polar surface area (TPSA) is 122 Å². The van der Waals surface area contributed by atoms with Crippen molar-refractivity contribution in [2.45, 2.75) is 25.8 Å². The van der Waals surface area contributed by atoms with Gasteiger partial charge < -0.3 is 10.4 Å². The number of alkyl halides is 6. The van der Waals surface area contributed by atoms with Crippen LogP contribution in [0.2, 0.25) is 5.15 Å². The highest BCUT2D eigenvalue weighted by atomic mass is 35.5. The molecule has 4 aromatic rings. The number of carbonyl (C=O) groups is 1. The van der Waals surface area contributed by atoms with Gasteiger partial charge in [-0.2, -0.15) is 26.3 Å². The number of aromatic carboxylic acids is 1. The highest BCUT2D eigenvalue weighted by molar-refractivity contribution is 6.29. The normalized spacial score (nSPS) is 12.1. The van der Waals surface area contributed by atoms with E-state index >= 15 is 0 Å². The van der Waals surface area contributed by atoms with Crippen LogP contribution >= 0.6 is 11.6 Å². The van der Waals surface area contributed by atoms with E-state index in [1.165, 1.54) is 19.1 Å². The van der Waals surface area contributed by atoms with Crippen LogP contribution in [-0.2, 0) is 18.9 Å². The third-order valence-corrected chi connectivity index (χ3v) is 5.48. The minimum Gasteiger partial charge on any atom is -0.476 e. The number of hydrogen-bond acceptors (Lipinski definition) is 7. The molecule has 0 aliphatic carbocycles. The summed E-state index contributed by atoms with van der Waals surface area (Å²) in [7, 11) is 0. The van der Waals surface area contributed by atoms with Crippen LogP contribution in [0.5, 0.6) is 0 Å². The lowest BCUT2D eigenvalue weighted by Crippen LogP contribution is -2.23. The van der Waals surface area contributed by atoms with Crippen molar-refractivity contribution >= 4 is 28.9 Å². The Bertz CT molecular complexity index is 1620. The molecule has 38 heavy (non-hydrogen) atoms. The number of aromatic nitrogens is 5. The van der Waals surface area contributed by atoms with Gasteiger partial charge in [-0.05, 0) is 25.1 Å². The number of hydrogen-bond donors (Lipinski definition) is 2. The van der Waals surface area contributed by atoms with E-state index in [9.17, 15) is 41.0 Å². The van der Waals surface area contributed by atoms with Crippen LogP contribution in [0.1, 0.15) is 33.0 Å².